The number of carbonyl (C=O) groups excluding carboxylic acids is 1. The van der Waals surface area contributed by atoms with Crippen LogP contribution in [-0.4, -0.2) is 19.1 Å². The van der Waals surface area contributed by atoms with Gasteiger partial charge in [-0.05, 0) is 31.2 Å². The maximum atomic E-state index is 11.9. The lowest BCUT2D eigenvalue weighted by Crippen LogP contribution is -2.42. The number of fused-ring (bicyclic) bond motifs is 1. The predicted molar refractivity (Wildman–Crippen MR) is 67.6 cm³/mol. The summed E-state index contributed by atoms with van der Waals surface area (Å²) in [4.78, 5) is 13.5. The van der Waals surface area contributed by atoms with Crippen molar-refractivity contribution in [3.05, 3.63) is 36.6 Å². The first-order valence-electron chi connectivity index (χ1n) is 5.79. The van der Waals surface area contributed by atoms with Crippen molar-refractivity contribution in [1.82, 2.24) is 0 Å². The first-order chi connectivity index (χ1) is 8.68. The van der Waals surface area contributed by atoms with E-state index in [1.54, 1.807) is 25.1 Å². The quantitative estimate of drug-likeness (QED) is 0.773. The molecule has 0 radical (unpaired) electrons. The molecule has 4 heteroatoms. The molecule has 1 aromatic carbocycles. The summed E-state index contributed by atoms with van der Waals surface area (Å²) in [6, 6.07) is 9.38. The summed E-state index contributed by atoms with van der Waals surface area (Å²) in [5.41, 5.74) is 1.63. The van der Waals surface area contributed by atoms with Gasteiger partial charge in [0.2, 0.25) is 0 Å². The number of furan rings is 1. The zero-order valence-electron chi connectivity index (χ0n) is 10.2. The average molecular weight is 243 g/mol. The summed E-state index contributed by atoms with van der Waals surface area (Å²) < 4.78 is 11.1. The lowest BCUT2D eigenvalue weighted by atomic mass is 10.1. The third-order valence-electron chi connectivity index (χ3n) is 3.12. The highest BCUT2D eigenvalue weighted by atomic mass is 16.5. The maximum Gasteiger partial charge on any atom is 0.267 e. The average Bonchev–Trinajstić information content (AvgIpc) is 2.89. The third kappa shape index (κ3) is 1.49. The van der Waals surface area contributed by atoms with Crippen molar-refractivity contribution in [3.63, 3.8) is 0 Å². The van der Waals surface area contributed by atoms with E-state index in [2.05, 4.69) is 0 Å². The van der Waals surface area contributed by atoms with Crippen LogP contribution in [0, 0.1) is 0 Å². The molecule has 1 unspecified atom stereocenters. The summed E-state index contributed by atoms with van der Waals surface area (Å²) >= 11 is 0. The minimum atomic E-state index is -0.474. The Morgan fingerprint density at radius 2 is 2.06 bits per heavy atom. The lowest BCUT2D eigenvalue weighted by molar-refractivity contribution is -0.125. The number of amides is 1. The molecule has 1 atom stereocenters. The van der Waals surface area contributed by atoms with Gasteiger partial charge in [0.25, 0.3) is 5.91 Å². The molecule has 2 heterocycles. The maximum absolute atomic E-state index is 11.9. The highest BCUT2D eigenvalue weighted by Crippen LogP contribution is 2.41. The van der Waals surface area contributed by atoms with E-state index < -0.39 is 6.10 Å². The number of ether oxygens (including phenoxy) is 1. The summed E-state index contributed by atoms with van der Waals surface area (Å²) in [6.07, 6.45) is 1.15. The molecule has 18 heavy (non-hydrogen) atoms. The lowest BCUT2D eigenvalue weighted by Gasteiger charge is -2.31. The molecular formula is C14H13NO3. The topological polar surface area (TPSA) is 42.7 Å². The number of likely N-dealkylation sites (N-methyl/N-ethyl adjacent to an activating group) is 1. The van der Waals surface area contributed by atoms with Gasteiger partial charge in [-0.15, -0.1) is 0 Å². The van der Waals surface area contributed by atoms with Gasteiger partial charge in [0.1, 0.15) is 5.76 Å². The molecule has 0 saturated carbocycles. The Morgan fingerprint density at radius 3 is 2.78 bits per heavy atom. The predicted octanol–water partition coefficient (Wildman–Crippen LogP) is 2.69. The van der Waals surface area contributed by atoms with Crippen LogP contribution in [0.15, 0.2) is 41.0 Å². The van der Waals surface area contributed by atoms with Crippen LogP contribution in [0.3, 0.4) is 0 Å². The van der Waals surface area contributed by atoms with Gasteiger partial charge in [0, 0.05) is 7.05 Å². The smallest absolute Gasteiger partial charge is 0.267 e. The molecule has 0 fully saturated rings. The molecule has 92 valence electrons. The van der Waals surface area contributed by atoms with Crippen LogP contribution >= 0.6 is 0 Å². The molecule has 1 aliphatic rings. The zero-order chi connectivity index (χ0) is 12.7. The van der Waals surface area contributed by atoms with Gasteiger partial charge < -0.3 is 14.1 Å². The van der Waals surface area contributed by atoms with Crippen LogP contribution in [0.1, 0.15) is 6.92 Å². The number of benzene rings is 1. The monoisotopic (exact) mass is 243 g/mol. The van der Waals surface area contributed by atoms with Crippen LogP contribution in [0.25, 0.3) is 11.3 Å². The van der Waals surface area contributed by atoms with Gasteiger partial charge in [-0.25, -0.2) is 0 Å². The van der Waals surface area contributed by atoms with E-state index in [0.717, 1.165) is 17.0 Å². The molecule has 0 aliphatic carbocycles. The first kappa shape index (κ1) is 10.9. The van der Waals surface area contributed by atoms with E-state index >= 15 is 0 Å². The van der Waals surface area contributed by atoms with Crippen molar-refractivity contribution in [2.75, 3.05) is 11.9 Å². The minimum Gasteiger partial charge on any atom is -0.478 e. The molecule has 0 bridgehead atoms. The fourth-order valence-corrected chi connectivity index (χ4v) is 2.16. The molecule has 0 N–H and O–H groups in total. The van der Waals surface area contributed by atoms with E-state index in [1.165, 1.54) is 0 Å². The van der Waals surface area contributed by atoms with E-state index in [1.807, 2.05) is 30.3 Å². The van der Waals surface area contributed by atoms with Crippen LogP contribution < -0.4 is 9.64 Å². The summed E-state index contributed by atoms with van der Waals surface area (Å²) in [7, 11) is 1.76. The standard InChI is InChI=1S/C14H13NO3/c1-9-14(16)15(2)11-6-3-5-10(13(11)18-9)12-7-4-8-17-12/h3-9H,1-2H3. The van der Waals surface area contributed by atoms with Gasteiger partial charge in [-0.3, -0.25) is 4.79 Å². The Balaban J connectivity index is 2.18. The molecule has 1 amide bonds. The summed E-state index contributed by atoms with van der Waals surface area (Å²) in [5.74, 6) is 1.39. The molecule has 1 aliphatic heterocycles. The molecule has 0 saturated heterocycles. The first-order valence-corrected chi connectivity index (χ1v) is 5.79. The second-order valence-corrected chi connectivity index (χ2v) is 4.29. The van der Waals surface area contributed by atoms with E-state index in [4.69, 9.17) is 9.15 Å². The highest BCUT2D eigenvalue weighted by molar-refractivity contribution is 6.00. The van der Waals surface area contributed by atoms with Crippen molar-refractivity contribution in [2.45, 2.75) is 13.0 Å². The normalized spacial score (nSPS) is 18.4. The number of anilines is 1. The molecule has 2 aromatic rings. The second-order valence-electron chi connectivity index (χ2n) is 4.29. The Morgan fingerprint density at radius 1 is 1.22 bits per heavy atom. The second kappa shape index (κ2) is 3.91. The number of para-hydroxylation sites is 1. The van der Waals surface area contributed by atoms with Gasteiger partial charge in [0.15, 0.2) is 11.9 Å². The van der Waals surface area contributed by atoms with Crippen LogP contribution in [0.5, 0.6) is 5.75 Å². The van der Waals surface area contributed by atoms with E-state index in [9.17, 15) is 4.79 Å². The number of rotatable bonds is 1. The van der Waals surface area contributed by atoms with Gasteiger partial charge >= 0.3 is 0 Å². The van der Waals surface area contributed by atoms with Crippen molar-refractivity contribution in [3.8, 4) is 17.1 Å². The Labute approximate surface area is 105 Å². The zero-order valence-corrected chi connectivity index (χ0v) is 10.2. The molecule has 3 rings (SSSR count). The fraction of sp³-hybridized carbons (Fsp3) is 0.214. The Bertz CT molecular complexity index is 589. The van der Waals surface area contributed by atoms with E-state index in [-0.39, 0.29) is 5.91 Å². The number of nitrogens with zero attached hydrogens (tertiary/aromatic N) is 1. The Kier molecular flexibility index (Phi) is 2.37. The minimum absolute atomic E-state index is 0.0425. The van der Waals surface area contributed by atoms with Gasteiger partial charge in [-0.2, -0.15) is 0 Å². The van der Waals surface area contributed by atoms with Crippen molar-refractivity contribution in [2.24, 2.45) is 0 Å². The van der Waals surface area contributed by atoms with Gasteiger partial charge in [0.05, 0.1) is 17.5 Å². The SMILES string of the molecule is CC1Oc2c(-c3ccco3)cccc2N(C)C1=O. The summed E-state index contributed by atoms with van der Waals surface area (Å²) in [5, 5.41) is 0. The number of hydrogen-bond donors (Lipinski definition) is 0. The largest absolute Gasteiger partial charge is 0.478 e. The molecule has 1 aromatic heterocycles. The van der Waals surface area contributed by atoms with Crippen LogP contribution in [0.4, 0.5) is 5.69 Å². The van der Waals surface area contributed by atoms with Crippen molar-refractivity contribution >= 4 is 11.6 Å². The molecule has 0 spiro atoms. The summed E-state index contributed by atoms with van der Waals surface area (Å²) in [6.45, 7) is 1.75. The Hall–Kier alpha value is -2.23. The van der Waals surface area contributed by atoms with Crippen molar-refractivity contribution < 1.29 is 13.9 Å². The van der Waals surface area contributed by atoms with E-state index in [0.29, 0.717) is 5.75 Å². The van der Waals surface area contributed by atoms with Crippen molar-refractivity contribution in [1.29, 1.82) is 0 Å². The number of carbonyl (C=O) groups is 1. The fourth-order valence-electron chi connectivity index (χ4n) is 2.16. The molecule has 4 nitrogen and oxygen atoms in total. The van der Waals surface area contributed by atoms with Crippen LogP contribution in [0.2, 0.25) is 0 Å². The highest BCUT2D eigenvalue weighted by Gasteiger charge is 2.31. The van der Waals surface area contributed by atoms with Gasteiger partial charge in [-0.1, -0.05) is 6.07 Å². The van der Waals surface area contributed by atoms with Crippen LogP contribution in [-0.2, 0) is 4.79 Å². The molecular weight excluding hydrogens is 230 g/mol. The third-order valence-corrected chi connectivity index (χ3v) is 3.12. The number of hydrogen-bond acceptors (Lipinski definition) is 3.